The van der Waals surface area contributed by atoms with Crippen LogP contribution < -0.4 is 16.0 Å². The number of nitrogens with one attached hydrogen (secondary N) is 1. The molecule has 1 aromatic heterocycles. The first kappa shape index (κ1) is 15.0. The first-order chi connectivity index (χ1) is 11.1. The van der Waals surface area contributed by atoms with Crippen molar-refractivity contribution < 1.29 is 9.59 Å². The zero-order chi connectivity index (χ0) is 16.4. The molecule has 1 fully saturated rings. The number of amides is 2. The van der Waals surface area contributed by atoms with Gasteiger partial charge in [0.1, 0.15) is 0 Å². The van der Waals surface area contributed by atoms with Crippen LogP contribution in [0.3, 0.4) is 0 Å². The summed E-state index contributed by atoms with van der Waals surface area (Å²) in [6.45, 7) is 2.65. The van der Waals surface area contributed by atoms with E-state index >= 15 is 0 Å². The van der Waals surface area contributed by atoms with Crippen LogP contribution in [0.2, 0.25) is 0 Å². The van der Waals surface area contributed by atoms with Crippen LogP contribution in [0.5, 0.6) is 0 Å². The molecule has 0 saturated carbocycles. The van der Waals surface area contributed by atoms with Crippen molar-refractivity contribution in [3.63, 3.8) is 0 Å². The highest BCUT2D eigenvalue weighted by Gasteiger charge is 2.23. The summed E-state index contributed by atoms with van der Waals surface area (Å²) in [4.78, 5) is 33.6. The van der Waals surface area contributed by atoms with Gasteiger partial charge in [-0.3, -0.25) is 9.59 Å². The number of nitrogen functional groups attached to an aromatic ring is 1. The van der Waals surface area contributed by atoms with Crippen molar-refractivity contribution in [2.75, 3.05) is 22.5 Å². The van der Waals surface area contributed by atoms with Gasteiger partial charge < -0.3 is 16.0 Å². The van der Waals surface area contributed by atoms with Crippen LogP contribution in [0, 0.1) is 6.92 Å². The van der Waals surface area contributed by atoms with Crippen molar-refractivity contribution >= 4 is 29.0 Å². The van der Waals surface area contributed by atoms with Gasteiger partial charge in [-0.1, -0.05) is 0 Å². The molecule has 1 aliphatic heterocycles. The SMILES string of the molecule is Cc1cc(NC(=O)c2nccnc2N)ccc1N1CCCC1=O. The van der Waals surface area contributed by atoms with E-state index in [1.54, 1.807) is 11.0 Å². The fraction of sp³-hybridized carbons (Fsp3) is 0.250. The van der Waals surface area contributed by atoms with Gasteiger partial charge in [0.2, 0.25) is 5.91 Å². The summed E-state index contributed by atoms with van der Waals surface area (Å²) in [5.41, 5.74) is 8.15. The summed E-state index contributed by atoms with van der Waals surface area (Å²) >= 11 is 0. The Morgan fingerprint density at radius 2 is 2.09 bits per heavy atom. The Kier molecular flexibility index (Phi) is 3.92. The molecule has 0 spiro atoms. The monoisotopic (exact) mass is 311 g/mol. The smallest absolute Gasteiger partial charge is 0.278 e. The zero-order valence-corrected chi connectivity index (χ0v) is 12.7. The zero-order valence-electron chi connectivity index (χ0n) is 12.7. The minimum Gasteiger partial charge on any atom is -0.382 e. The Balaban J connectivity index is 1.79. The van der Waals surface area contributed by atoms with E-state index in [4.69, 9.17) is 5.73 Å². The van der Waals surface area contributed by atoms with Crippen LogP contribution in [-0.2, 0) is 4.79 Å². The molecule has 0 aliphatic carbocycles. The van der Waals surface area contributed by atoms with E-state index in [-0.39, 0.29) is 17.4 Å². The van der Waals surface area contributed by atoms with Gasteiger partial charge in [-0.05, 0) is 37.1 Å². The second-order valence-corrected chi connectivity index (χ2v) is 5.39. The van der Waals surface area contributed by atoms with Crippen molar-refractivity contribution in [3.8, 4) is 0 Å². The third kappa shape index (κ3) is 2.98. The molecule has 3 rings (SSSR count). The number of benzene rings is 1. The van der Waals surface area contributed by atoms with Gasteiger partial charge in [-0.15, -0.1) is 0 Å². The van der Waals surface area contributed by atoms with E-state index in [0.717, 1.165) is 24.2 Å². The molecule has 7 nitrogen and oxygen atoms in total. The molecule has 1 aromatic carbocycles. The molecule has 1 saturated heterocycles. The molecule has 3 N–H and O–H groups in total. The average Bonchev–Trinajstić information content (AvgIpc) is 2.94. The number of carbonyl (C=O) groups is 2. The molecule has 0 unspecified atom stereocenters. The normalized spacial score (nSPS) is 14.1. The van der Waals surface area contributed by atoms with E-state index in [0.29, 0.717) is 12.1 Å². The molecular weight excluding hydrogens is 294 g/mol. The van der Waals surface area contributed by atoms with Crippen molar-refractivity contribution in [2.24, 2.45) is 0 Å². The number of rotatable bonds is 3. The van der Waals surface area contributed by atoms with Gasteiger partial charge >= 0.3 is 0 Å². The molecule has 0 bridgehead atoms. The van der Waals surface area contributed by atoms with E-state index in [1.165, 1.54) is 12.4 Å². The number of aryl methyl sites for hydroxylation is 1. The van der Waals surface area contributed by atoms with Crippen LogP contribution in [0.25, 0.3) is 0 Å². The summed E-state index contributed by atoms with van der Waals surface area (Å²) in [7, 11) is 0. The maximum Gasteiger partial charge on any atom is 0.278 e. The van der Waals surface area contributed by atoms with Gasteiger partial charge in [0, 0.05) is 36.7 Å². The number of carbonyl (C=O) groups excluding carboxylic acids is 2. The molecular formula is C16H17N5O2. The van der Waals surface area contributed by atoms with E-state index in [1.807, 2.05) is 19.1 Å². The topological polar surface area (TPSA) is 101 Å². The van der Waals surface area contributed by atoms with E-state index in [2.05, 4.69) is 15.3 Å². The number of aromatic nitrogens is 2. The first-order valence-corrected chi connectivity index (χ1v) is 7.35. The lowest BCUT2D eigenvalue weighted by molar-refractivity contribution is -0.117. The van der Waals surface area contributed by atoms with Crippen LogP contribution in [0.15, 0.2) is 30.6 Å². The highest BCUT2D eigenvalue weighted by molar-refractivity contribution is 6.06. The van der Waals surface area contributed by atoms with E-state index < -0.39 is 5.91 Å². The molecule has 1 aliphatic rings. The fourth-order valence-electron chi connectivity index (χ4n) is 2.65. The van der Waals surface area contributed by atoms with Crippen LogP contribution in [0.4, 0.5) is 17.2 Å². The number of hydrogen-bond donors (Lipinski definition) is 2. The van der Waals surface area contributed by atoms with Gasteiger partial charge in [0.05, 0.1) is 0 Å². The summed E-state index contributed by atoms with van der Waals surface area (Å²) in [5, 5.41) is 2.74. The van der Waals surface area contributed by atoms with Crippen molar-refractivity contribution in [1.82, 2.24) is 9.97 Å². The van der Waals surface area contributed by atoms with Crippen LogP contribution in [0.1, 0.15) is 28.9 Å². The second kappa shape index (κ2) is 6.04. The summed E-state index contributed by atoms with van der Waals surface area (Å²) < 4.78 is 0. The average molecular weight is 311 g/mol. The first-order valence-electron chi connectivity index (χ1n) is 7.35. The van der Waals surface area contributed by atoms with E-state index in [9.17, 15) is 9.59 Å². The summed E-state index contributed by atoms with van der Waals surface area (Å²) in [6, 6.07) is 5.43. The van der Waals surface area contributed by atoms with Gasteiger partial charge in [-0.25, -0.2) is 9.97 Å². The molecule has 0 radical (unpaired) electrons. The van der Waals surface area contributed by atoms with Crippen molar-refractivity contribution in [1.29, 1.82) is 0 Å². The molecule has 2 heterocycles. The summed E-state index contributed by atoms with van der Waals surface area (Å²) in [6.07, 6.45) is 4.31. The number of hydrogen-bond acceptors (Lipinski definition) is 5. The standard InChI is InChI=1S/C16H17N5O2/c1-10-9-11(4-5-12(10)21-8-2-3-13(21)22)20-16(23)14-15(17)19-7-6-18-14/h4-7,9H,2-3,8H2,1H3,(H2,17,19)(H,20,23). The minimum atomic E-state index is -0.417. The Bertz CT molecular complexity index is 775. The Labute approximate surface area is 133 Å². The lowest BCUT2D eigenvalue weighted by atomic mass is 10.1. The Morgan fingerprint density at radius 3 is 2.74 bits per heavy atom. The maximum absolute atomic E-state index is 12.2. The third-order valence-electron chi connectivity index (χ3n) is 3.76. The van der Waals surface area contributed by atoms with Gasteiger partial charge in [0.25, 0.3) is 5.91 Å². The lowest BCUT2D eigenvalue weighted by Crippen LogP contribution is -2.24. The largest absolute Gasteiger partial charge is 0.382 e. The second-order valence-electron chi connectivity index (χ2n) is 5.39. The molecule has 0 atom stereocenters. The fourth-order valence-corrected chi connectivity index (χ4v) is 2.65. The molecule has 2 amide bonds. The Morgan fingerprint density at radius 1 is 1.30 bits per heavy atom. The highest BCUT2D eigenvalue weighted by atomic mass is 16.2. The van der Waals surface area contributed by atoms with Crippen LogP contribution in [-0.4, -0.2) is 28.3 Å². The van der Waals surface area contributed by atoms with Crippen molar-refractivity contribution in [3.05, 3.63) is 41.9 Å². The molecule has 23 heavy (non-hydrogen) atoms. The predicted octanol–water partition coefficient (Wildman–Crippen LogP) is 1.75. The molecule has 118 valence electrons. The van der Waals surface area contributed by atoms with Gasteiger partial charge in [-0.2, -0.15) is 0 Å². The third-order valence-corrected chi connectivity index (χ3v) is 3.76. The maximum atomic E-state index is 12.2. The predicted molar refractivity (Wildman–Crippen MR) is 87.2 cm³/mol. The Hall–Kier alpha value is -2.96. The number of anilines is 3. The van der Waals surface area contributed by atoms with Gasteiger partial charge in [0.15, 0.2) is 11.5 Å². The minimum absolute atomic E-state index is 0.0843. The number of nitrogens with zero attached hydrogens (tertiary/aromatic N) is 3. The highest BCUT2D eigenvalue weighted by Crippen LogP contribution is 2.27. The van der Waals surface area contributed by atoms with Crippen LogP contribution >= 0.6 is 0 Å². The molecule has 7 heteroatoms. The molecule has 2 aromatic rings. The number of nitrogens with two attached hydrogens (primary N) is 1. The summed E-state index contributed by atoms with van der Waals surface area (Å²) in [5.74, 6) is -0.196. The lowest BCUT2D eigenvalue weighted by Gasteiger charge is -2.19. The quantitative estimate of drug-likeness (QED) is 0.899. The van der Waals surface area contributed by atoms with Crippen molar-refractivity contribution in [2.45, 2.75) is 19.8 Å².